The van der Waals surface area contributed by atoms with Crippen LogP contribution in [0.25, 0.3) is 0 Å². The van der Waals surface area contributed by atoms with Gasteiger partial charge in [-0.1, -0.05) is 13.8 Å². The summed E-state index contributed by atoms with van der Waals surface area (Å²) in [6.45, 7) is 7.21. The van der Waals surface area contributed by atoms with Gasteiger partial charge in [0.25, 0.3) is 0 Å². The van der Waals surface area contributed by atoms with Gasteiger partial charge in [0, 0.05) is 12.6 Å². The summed E-state index contributed by atoms with van der Waals surface area (Å²) in [4.78, 5) is 24.3. The third-order valence-corrected chi connectivity index (χ3v) is 4.27. The standard InChI is InChI=1S/C12H21NO3S/c1-8-4-9(2)10(3)13(5-8)11(14)6-17-7-12(15)16/h8-10H,4-7H2,1-3H3,(H,15,16). The molecule has 1 fully saturated rings. The predicted octanol–water partition coefficient (Wildman–Crippen LogP) is 1.70. The van der Waals surface area contributed by atoms with E-state index in [9.17, 15) is 9.59 Å². The summed E-state index contributed by atoms with van der Waals surface area (Å²) in [6.07, 6.45) is 1.16. The Labute approximate surface area is 107 Å². The molecule has 0 saturated carbocycles. The van der Waals surface area contributed by atoms with Crippen molar-refractivity contribution in [2.45, 2.75) is 33.2 Å². The third-order valence-electron chi connectivity index (χ3n) is 3.37. The fraction of sp³-hybridized carbons (Fsp3) is 0.833. The highest BCUT2D eigenvalue weighted by Crippen LogP contribution is 2.27. The Hall–Kier alpha value is -0.710. The molecule has 0 bridgehead atoms. The number of hydrogen-bond donors (Lipinski definition) is 1. The highest BCUT2D eigenvalue weighted by molar-refractivity contribution is 8.00. The topological polar surface area (TPSA) is 57.6 Å². The Balaban J connectivity index is 2.46. The lowest BCUT2D eigenvalue weighted by Crippen LogP contribution is -2.49. The Kier molecular flexibility index (Phi) is 5.31. The molecule has 1 heterocycles. The minimum absolute atomic E-state index is 0.000925. The zero-order valence-electron chi connectivity index (χ0n) is 10.7. The SMILES string of the molecule is CC1CC(C)C(C)N(C(=O)CSCC(=O)O)C1. The molecule has 0 aromatic rings. The van der Waals surface area contributed by atoms with Gasteiger partial charge in [0.15, 0.2) is 0 Å². The van der Waals surface area contributed by atoms with Gasteiger partial charge in [0.05, 0.1) is 11.5 Å². The average Bonchev–Trinajstić information content (AvgIpc) is 2.22. The quantitative estimate of drug-likeness (QED) is 0.835. The van der Waals surface area contributed by atoms with Crippen LogP contribution >= 0.6 is 11.8 Å². The molecule has 4 nitrogen and oxygen atoms in total. The second kappa shape index (κ2) is 6.28. The van der Waals surface area contributed by atoms with Gasteiger partial charge in [0.1, 0.15) is 0 Å². The van der Waals surface area contributed by atoms with Crippen LogP contribution in [0, 0.1) is 11.8 Å². The molecule has 0 spiro atoms. The van der Waals surface area contributed by atoms with Crippen molar-refractivity contribution in [3.8, 4) is 0 Å². The number of carbonyl (C=O) groups excluding carboxylic acids is 1. The van der Waals surface area contributed by atoms with Crippen molar-refractivity contribution in [1.29, 1.82) is 0 Å². The first kappa shape index (κ1) is 14.4. The lowest BCUT2D eigenvalue weighted by molar-refractivity contribution is -0.134. The van der Waals surface area contributed by atoms with E-state index < -0.39 is 5.97 Å². The van der Waals surface area contributed by atoms with Crippen molar-refractivity contribution in [1.82, 2.24) is 4.90 Å². The molecule has 17 heavy (non-hydrogen) atoms. The third kappa shape index (κ3) is 4.22. The van der Waals surface area contributed by atoms with E-state index in [0.717, 1.165) is 13.0 Å². The van der Waals surface area contributed by atoms with E-state index in [1.165, 1.54) is 11.8 Å². The fourth-order valence-electron chi connectivity index (χ4n) is 2.35. The van der Waals surface area contributed by atoms with Crippen molar-refractivity contribution in [3.63, 3.8) is 0 Å². The van der Waals surface area contributed by atoms with Crippen molar-refractivity contribution in [2.75, 3.05) is 18.1 Å². The van der Waals surface area contributed by atoms with Gasteiger partial charge in [-0.3, -0.25) is 9.59 Å². The van der Waals surface area contributed by atoms with Gasteiger partial charge in [0.2, 0.25) is 5.91 Å². The first-order valence-corrected chi connectivity index (χ1v) is 7.16. The van der Waals surface area contributed by atoms with Crippen LogP contribution in [0.1, 0.15) is 27.2 Å². The van der Waals surface area contributed by atoms with Crippen molar-refractivity contribution < 1.29 is 14.7 Å². The molecule has 1 aliphatic rings. The fourth-order valence-corrected chi connectivity index (χ4v) is 2.97. The maximum absolute atomic E-state index is 12.0. The van der Waals surface area contributed by atoms with Crippen LogP contribution in [-0.4, -0.2) is 46.0 Å². The van der Waals surface area contributed by atoms with E-state index in [1.807, 2.05) is 4.90 Å². The molecule has 1 rings (SSSR count). The first-order chi connectivity index (χ1) is 7.91. The Morgan fingerprint density at radius 1 is 1.29 bits per heavy atom. The zero-order valence-corrected chi connectivity index (χ0v) is 11.5. The minimum Gasteiger partial charge on any atom is -0.481 e. The zero-order chi connectivity index (χ0) is 13.0. The molecular formula is C12H21NO3S. The number of hydrogen-bond acceptors (Lipinski definition) is 3. The number of rotatable bonds is 4. The van der Waals surface area contributed by atoms with Crippen LogP contribution in [-0.2, 0) is 9.59 Å². The van der Waals surface area contributed by atoms with E-state index in [4.69, 9.17) is 5.11 Å². The summed E-state index contributed by atoms with van der Waals surface area (Å²) >= 11 is 1.18. The van der Waals surface area contributed by atoms with Crippen LogP contribution in [0.3, 0.4) is 0 Å². The Morgan fingerprint density at radius 2 is 1.94 bits per heavy atom. The Morgan fingerprint density at radius 3 is 2.53 bits per heavy atom. The maximum Gasteiger partial charge on any atom is 0.313 e. The number of carbonyl (C=O) groups is 2. The monoisotopic (exact) mass is 259 g/mol. The van der Waals surface area contributed by atoms with Crippen LogP contribution in [0.4, 0.5) is 0 Å². The second-order valence-corrected chi connectivity index (χ2v) is 5.98. The predicted molar refractivity (Wildman–Crippen MR) is 69.1 cm³/mol. The molecule has 1 aliphatic heterocycles. The van der Waals surface area contributed by atoms with Gasteiger partial charge >= 0.3 is 5.97 Å². The van der Waals surface area contributed by atoms with Gasteiger partial charge in [-0.05, 0) is 25.2 Å². The molecule has 3 unspecified atom stereocenters. The first-order valence-electron chi connectivity index (χ1n) is 6.00. The summed E-state index contributed by atoms with van der Waals surface area (Å²) in [5, 5.41) is 8.53. The summed E-state index contributed by atoms with van der Waals surface area (Å²) in [7, 11) is 0. The average molecular weight is 259 g/mol. The second-order valence-electron chi connectivity index (χ2n) is 4.99. The molecule has 0 aromatic carbocycles. The van der Waals surface area contributed by atoms with E-state index in [-0.39, 0.29) is 23.5 Å². The molecule has 0 radical (unpaired) electrons. The molecule has 0 aliphatic carbocycles. The molecular weight excluding hydrogens is 238 g/mol. The van der Waals surface area contributed by atoms with E-state index in [0.29, 0.717) is 11.8 Å². The lowest BCUT2D eigenvalue weighted by atomic mass is 9.86. The van der Waals surface area contributed by atoms with Crippen LogP contribution < -0.4 is 0 Å². The van der Waals surface area contributed by atoms with Gasteiger partial charge < -0.3 is 10.0 Å². The molecule has 98 valence electrons. The largest absolute Gasteiger partial charge is 0.481 e. The Bertz CT molecular complexity index is 295. The number of amides is 1. The van der Waals surface area contributed by atoms with Crippen LogP contribution in [0.15, 0.2) is 0 Å². The number of carboxylic acid groups (broad SMARTS) is 1. The molecule has 0 aromatic heterocycles. The maximum atomic E-state index is 12.0. The van der Waals surface area contributed by atoms with Crippen LogP contribution in [0.5, 0.6) is 0 Å². The number of piperidine rings is 1. The highest BCUT2D eigenvalue weighted by atomic mass is 32.2. The number of nitrogens with zero attached hydrogens (tertiary/aromatic N) is 1. The van der Waals surface area contributed by atoms with Gasteiger partial charge in [-0.15, -0.1) is 11.8 Å². The van der Waals surface area contributed by atoms with Crippen molar-refractivity contribution >= 4 is 23.6 Å². The lowest BCUT2D eigenvalue weighted by Gasteiger charge is -2.41. The summed E-state index contributed by atoms with van der Waals surface area (Å²) in [6, 6.07) is 0.268. The normalized spacial score (nSPS) is 29.1. The van der Waals surface area contributed by atoms with Gasteiger partial charge in [-0.25, -0.2) is 0 Å². The number of carboxylic acids is 1. The molecule has 1 N–H and O–H groups in total. The van der Waals surface area contributed by atoms with E-state index in [2.05, 4.69) is 20.8 Å². The van der Waals surface area contributed by atoms with Crippen molar-refractivity contribution in [2.24, 2.45) is 11.8 Å². The minimum atomic E-state index is -0.865. The molecule has 1 saturated heterocycles. The summed E-state index contributed by atoms with van der Waals surface area (Å²) in [5.74, 6) is 0.537. The highest BCUT2D eigenvalue weighted by Gasteiger charge is 2.31. The molecule has 1 amide bonds. The van der Waals surface area contributed by atoms with Crippen molar-refractivity contribution in [3.05, 3.63) is 0 Å². The van der Waals surface area contributed by atoms with E-state index in [1.54, 1.807) is 0 Å². The van der Waals surface area contributed by atoms with Crippen LogP contribution in [0.2, 0.25) is 0 Å². The van der Waals surface area contributed by atoms with E-state index >= 15 is 0 Å². The summed E-state index contributed by atoms with van der Waals surface area (Å²) in [5.41, 5.74) is 0. The smallest absolute Gasteiger partial charge is 0.313 e. The number of thioether (sulfide) groups is 1. The number of aliphatic carboxylic acids is 1. The van der Waals surface area contributed by atoms with Gasteiger partial charge in [-0.2, -0.15) is 0 Å². The molecule has 3 atom stereocenters. The molecule has 5 heteroatoms. The summed E-state index contributed by atoms with van der Waals surface area (Å²) < 4.78 is 0. The number of likely N-dealkylation sites (tertiary alicyclic amines) is 1.